The molecular weight excluding hydrogens is 258 g/mol. The SMILES string of the molecule is Cc1cc(NCC2CCCOC2)c(C(N)=S)c(C)n1. The summed E-state index contributed by atoms with van der Waals surface area (Å²) in [6.07, 6.45) is 2.35. The fraction of sp³-hybridized carbons (Fsp3) is 0.571. The summed E-state index contributed by atoms with van der Waals surface area (Å²) < 4.78 is 5.49. The minimum atomic E-state index is 0.396. The molecule has 2 heterocycles. The van der Waals surface area contributed by atoms with Crippen molar-refractivity contribution in [3.63, 3.8) is 0 Å². The molecule has 0 spiro atoms. The van der Waals surface area contributed by atoms with Gasteiger partial charge in [-0.2, -0.15) is 0 Å². The van der Waals surface area contributed by atoms with Gasteiger partial charge in [-0.1, -0.05) is 12.2 Å². The average molecular weight is 279 g/mol. The average Bonchev–Trinajstić information content (AvgIpc) is 2.36. The molecule has 1 saturated heterocycles. The molecule has 19 heavy (non-hydrogen) atoms. The summed E-state index contributed by atoms with van der Waals surface area (Å²) in [6, 6.07) is 2.01. The molecule has 1 aromatic rings. The van der Waals surface area contributed by atoms with Crippen LogP contribution in [0.4, 0.5) is 5.69 Å². The first-order chi connectivity index (χ1) is 9.08. The van der Waals surface area contributed by atoms with Crippen LogP contribution in [0.2, 0.25) is 0 Å². The highest BCUT2D eigenvalue weighted by Gasteiger charge is 2.16. The molecule has 2 rings (SSSR count). The van der Waals surface area contributed by atoms with Gasteiger partial charge >= 0.3 is 0 Å². The Morgan fingerprint density at radius 2 is 2.37 bits per heavy atom. The second-order valence-electron chi connectivity index (χ2n) is 5.10. The molecule has 4 nitrogen and oxygen atoms in total. The van der Waals surface area contributed by atoms with Crippen LogP contribution < -0.4 is 11.1 Å². The van der Waals surface area contributed by atoms with Crippen LogP contribution in [0.1, 0.15) is 29.8 Å². The highest BCUT2D eigenvalue weighted by molar-refractivity contribution is 7.80. The van der Waals surface area contributed by atoms with Crippen molar-refractivity contribution in [2.45, 2.75) is 26.7 Å². The Balaban J connectivity index is 2.12. The Morgan fingerprint density at radius 1 is 1.58 bits per heavy atom. The number of hydrogen-bond acceptors (Lipinski definition) is 4. The third-order valence-electron chi connectivity index (χ3n) is 3.41. The normalized spacial score (nSPS) is 19.2. The van der Waals surface area contributed by atoms with E-state index in [2.05, 4.69) is 10.3 Å². The molecule has 104 valence electrons. The van der Waals surface area contributed by atoms with E-state index in [1.165, 1.54) is 6.42 Å². The minimum Gasteiger partial charge on any atom is -0.389 e. The predicted octanol–water partition coefficient (Wildman–Crippen LogP) is 2.17. The quantitative estimate of drug-likeness (QED) is 0.827. The smallest absolute Gasteiger partial charge is 0.107 e. The number of aryl methyl sites for hydroxylation is 2. The number of aromatic nitrogens is 1. The Kier molecular flexibility index (Phi) is 4.71. The Bertz CT molecular complexity index is 470. The van der Waals surface area contributed by atoms with Crippen LogP contribution in [0.25, 0.3) is 0 Å². The van der Waals surface area contributed by atoms with Crippen LogP contribution in [-0.2, 0) is 4.74 Å². The van der Waals surface area contributed by atoms with Gasteiger partial charge in [0.1, 0.15) is 4.99 Å². The molecule has 0 amide bonds. The predicted molar refractivity (Wildman–Crippen MR) is 81.6 cm³/mol. The highest BCUT2D eigenvalue weighted by Crippen LogP contribution is 2.21. The lowest BCUT2D eigenvalue weighted by atomic mass is 10.0. The molecular formula is C14H21N3OS. The van der Waals surface area contributed by atoms with Gasteiger partial charge in [0.15, 0.2) is 0 Å². The van der Waals surface area contributed by atoms with Crippen molar-refractivity contribution in [1.29, 1.82) is 0 Å². The summed E-state index contributed by atoms with van der Waals surface area (Å²) in [5, 5.41) is 3.46. The van der Waals surface area contributed by atoms with E-state index in [0.29, 0.717) is 10.9 Å². The van der Waals surface area contributed by atoms with Crippen LogP contribution in [0.5, 0.6) is 0 Å². The lowest BCUT2D eigenvalue weighted by Crippen LogP contribution is -2.25. The molecule has 1 aromatic heterocycles. The van der Waals surface area contributed by atoms with Crippen LogP contribution in [0.15, 0.2) is 6.07 Å². The number of ether oxygens (including phenoxy) is 1. The van der Waals surface area contributed by atoms with E-state index in [9.17, 15) is 0 Å². The maximum absolute atomic E-state index is 5.80. The number of nitrogens with two attached hydrogens (primary N) is 1. The van der Waals surface area contributed by atoms with Gasteiger partial charge in [-0.15, -0.1) is 0 Å². The lowest BCUT2D eigenvalue weighted by Gasteiger charge is -2.23. The molecule has 0 aliphatic carbocycles. The molecule has 0 saturated carbocycles. The molecule has 5 heteroatoms. The van der Waals surface area contributed by atoms with Gasteiger partial charge in [0, 0.05) is 30.2 Å². The zero-order valence-corrected chi connectivity index (χ0v) is 12.3. The second kappa shape index (κ2) is 6.30. The molecule has 1 atom stereocenters. The molecule has 0 bridgehead atoms. The number of hydrogen-bond donors (Lipinski definition) is 2. The molecule has 1 aliphatic rings. The minimum absolute atomic E-state index is 0.396. The maximum atomic E-state index is 5.80. The van der Waals surface area contributed by atoms with Crippen molar-refractivity contribution in [3.05, 3.63) is 23.0 Å². The van der Waals surface area contributed by atoms with E-state index >= 15 is 0 Å². The number of nitrogens with one attached hydrogen (secondary N) is 1. The summed E-state index contributed by atoms with van der Waals surface area (Å²) in [4.78, 5) is 4.81. The van der Waals surface area contributed by atoms with Crippen molar-refractivity contribution in [1.82, 2.24) is 4.98 Å². The summed E-state index contributed by atoms with van der Waals surface area (Å²) in [5.74, 6) is 0.557. The molecule has 3 N–H and O–H groups in total. The summed E-state index contributed by atoms with van der Waals surface area (Å²) in [6.45, 7) is 6.53. The topological polar surface area (TPSA) is 60.2 Å². The second-order valence-corrected chi connectivity index (χ2v) is 5.54. The van der Waals surface area contributed by atoms with Gasteiger partial charge in [0.25, 0.3) is 0 Å². The Morgan fingerprint density at radius 3 is 3.00 bits per heavy atom. The first-order valence-electron chi connectivity index (χ1n) is 6.67. The standard InChI is InChI=1S/C14H21N3OS/c1-9-6-12(13(14(15)19)10(2)17-9)16-7-11-4-3-5-18-8-11/h6,11H,3-5,7-8H2,1-2H3,(H2,15,19)(H,16,17). The number of pyridine rings is 1. The molecule has 0 radical (unpaired) electrons. The van der Waals surface area contributed by atoms with Gasteiger partial charge in [0.05, 0.1) is 12.2 Å². The molecule has 1 aliphatic heterocycles. The maximum Gasteiger partial charge on any atom is 0.107 e. The van der Waals surface area contributed by atoms with E-state index in [-0.39, 0.29) is 0 Å². The van der Waals surface area contributed by atoms with Gasteiger partial charge in [-0.05, 0) is 38.7 Å². The number of rotatable bonds is 4. The summed E-state index contributed by atoms with van der Waals surface area (Å²) in [5.41, 5.74) is 9.50. The number of anilines is 1. The first-order valence-corrected chi connectivity index (χ1v) is 7.08. The number of thiocarbonyl (C=S) groups is 1. The number of nitrogens with zero attached hydrogens (tertiary/aromatic N) is 1. The summed E-state index contributed by atoms with van der Waals surface area (Å²) >= 11 is 5.12. The Labute approximate surface area is 119 Å². The van der Waals surface area contributed by atoms with E-state index in [0.717, 1.165) is 48.8 Å². The zero-order valence-electron chi connectivity index (χ0n) is 11.5. The van der Waals surface area contributed by atoms with Crippen LogP contribution in [-0.4, -0.2) is 29.7 Å². The van der Waals surface area contributed by atoms with Crippen LogP contribution in [0, 0.1) is 19.8 Å². The monoisotopic (exact) mass is 279 g/mol. The van der Waals surface area contributed by atoms with E-state index < -0.39 is 0 Å². The van der Waals surface area contributed by atoms with Gasteiger partial charge in [-0.3, -0.25) is 4.98 Å². The van der Waals surface area contributed by atoms with Gasteiger partial charge in [0.2, 0.25) is 0 Å². The van der Waals surface area contributed by atoms with E-state index in [1.807, 2.05) is 19.9 Å². The van der Waals surface area contributed by atoms with Crippen LogP contribution in [0.3, 0.4) is 0 Å². The van der Waals surface area contributed by atoms with Crippen molar-refractivity contribution in [3.8, 4) is 0 Å². The summed E-state index contributed by atoms with van der Waals surface area (Å²) in [7, 11) is 0. The third-order valence-corrected chi connectivity index (χ3v) is 3.61. The molecule has 0 aromatic carbocycles. The van der Waals surface area contributed by atoms with Crippen molar-refractivity contribution < 1.29 is 4.74 Å². The van der Waals surface area contributed by atoms with Gasteiger partial charge < -0.3 is 15.8 Å². The van der Waals surface area contributed by atoms with E-state index in [4.69, 9.17) is 22.7 Å². The van der Waals surface area contributed by atoms with Crippen molar-refractivity contribution in [2.24, 2.45) is 11.7 Å². The fourth-order valence-corrected chi connectivity index (χ4v) is 2.76. The Hall–Kier alpha value is -1.20. The van der Waals surface area contributed by atoms with Crippen LogP contribution >= 0.6 is 12.2 Å². The fourth-order valence-electron chi connectivity index (χ4n) is 2.50. The van der Waals surface area contributed by atoms with E-state index in [1.54, 1.807) is 0 Å². The third kappa shape index (κ3) is 3.64. The molecule has 1 unspecified atom stereocenters. The van der Waals surface area contributed by atoms with Crippen molar-refractivity contribution >= 4 is 22.9 Å². The largest absolute Gasteiger partial charge is 0.389 e. The molecule has 1 fully saturated rings. The van der Waals surface area contributed by atoms with Crippen molar-refractivity contribution in [2.75, 3.05) is 25.1 Å². The van der Waals surface area contributed by atoms with Gasteiger partial charge in [-0.25, -0.2) is 0 Å². The zero-order chi connectivity index (χ0) is 13.8. The first kappa shape index (κ1) is 14.2. The highest BCUT2D eigenvalue weighted by atomic mass is 32.1. The lowest BCUT2D eigenvalue weighted by molar-refractivity contribution is 0.0595.